The van der Waals surface area contributed by atoms with E-state index in [2.05, 4.69) is 5.10 Å². The first-order valence-electron chi connectivity index (χ1n) is 3.27. The van der Waals surface area contributed by atoms with E-state index in [9.17, 15) is 9.59 Å². The van der Waals surface area contributed by atoms with E-state index in [1.165, 1.54) is 7.05 Å². The van der Waals surface area contributed by atoms with Gasteiger partial charge in [0.1, 0.15) is 17.3 Å². The number of hydrogen-bond donors (Lipinski definition) is 1. The van der Waals surface area contributed by atoms with Gasteiger partial charge in [0.15, 0.2) is 0 Å². The number of Topliss-reactive ketones (excluding diaryl/α,β-unsaturated/α-hetero) is 1. The molecule has 0 saturated heterocycles. The normalized spacial score (nSPS) is 9.23. The van der Waals surface area contributed by atoms with Crippen LogP contribution in [0.1, 0.15) is 16.1 Å². The Morgan fingerprint density at radius 2 is 2.31 bits per heavy atom. The van der Waals surface area contributed by atoms with Crippen LogP contribution in [0.4, 0.5) is 0 Å². The van der Waals surface area contributed by atoms with Gasteiger partial charge in [0.2, 0.25) is 0 Å². The molecule has 0 spiro atoms. The van der Waals surface area contributed by atoms with Crippen molar-refractivity contribution in [3.8, 4) is 6.07 Å². The fourth-order valence-corrected chi connectivity index (χ4v) is 0.890. The van der Waals surface area contributed by atoms with Crippen LogP contribution in [0.2, 0.25) is 0 Å². The quantitative estimate of drug-likeness (QED) is 0.490. The Morgan fingerprint density at radius 1 is 1.69 bits per heavy atom. The van der Waals surface area contributed by atoms with Gasteiger partial charge >= 0.3 is 5.97 Å². The van der Waals surface area contributed by atoms with Crippen molar-refractivity contribution in [1.82, 2.24) is 9.78 Å². The number of aromatic nitrogens is 2. The van der Waals surface area contributed by atoms with Crippen LogP contribution in [-0.2, 0) is 11.8 Å². The zero-order chi connectivity index (χ0) is 10.0. The summed E-state index contributed by atoms with van der Waals surface area (Å²) < 4.78 is 1.06. The molecule has 0 amide bonds. The first-order chi connectivity index (χ1) is 6.07. The molecule has 13 heavy (non-hydrogen) atoms. The summed E-state index contributed by atoms with van der Waals surface area (Å²) in [5.74, 6) is -2.73. The minimum atomic E-state index is -1.60. The van der Waals surface area contributed by atoms with E-state index in [0.717, 1.165) is 10.9 Å². The number of carbonyl (C=O) groups is 2. The zero-order valence-corrected chi connectivity index (χ0v) is 6.68. The summed E-state index contributed by atoms with van der Waals surface area (Å²) in [6.45, 7) is 0. The standard InChI is InChI=1S/C7H5N3O3/c1-10-5(6(11)7(12)13)4(2-8)3-9-10/h3H,1H3,(H,12,13). The monoisotopic (exact) mass is 179 g/mol. The second-order valence-electron chi connectivity index (χ2n) is 2.28. The Bertz CT molecular complexity index is 413. The number of rotatable bonds is 2. The average molecular weight is 179 g/mol. The van der Waals surface area contributed by atoms with Gasteiger partial charge in [-0.2, -0.15) is 10.4 Å². The maximum atomic E-state index is 11.0. The molecule has 0 bridgehead atoms. The summed E-state index contributed by atoms with van der Waals surface area (Å²) in [5, 5.41) is 20.5. The third-order valence-electron chi connectivity index (χ3n) is 1.47. The van der Waals surface area contributed by atoms with Crippen LogP contribution in [0.5, 0.6) is 0 Å². The van der Waals surface area contributed by atoms with Gasteiger partial charge in [-0.05, 0) is 0 Å². The highest BCUT2D eigenvalue weighted by Gasteiger charge is 2.22. The van der Waals surface area contributed by atoms with E-state index in [1.54, 1.807) is 6.07 Å². The average Bonchev–Trinajstić information content (AvgIpc) is 2.45. The molecule has 1 rings (SSSR count). The predicted octanol–water partition coefficient (Wildman–Crippen LogP) is -0.441. The summed E-state index contributed by atoms with van der Waals surface area (Å²) in [5.41, 5.74) is -0.232. The molecule has 0 aliphatic rings. The van der Waals surface area contributed by atoms with Gasteiger partial charge in [-0.3, -0.25) is 9.48 Å². The first kappa shape index (κ1) is 8.93. The second kappa shape index (κ2) is 3.06. The first-order valence-corrected chi connectivity index (χ1v) is 3.27. The molecular weight excluding hydrogens is 174 g/mol. The lowest BCUT2D eigenvalue weighted by molar-refractivity contribution is -0.131. The van der Waals surface area contributed by atoms with Crippen LogP contribution in [0, 0.1) is 11.3 Å². The number of carbonyl (C=O) groups excluding carboxylic acids is 1. The van der Waals surface area contributed by atoms with Crippen molar-refractivity contribution in [3.63, 3.8) is 0 Å². The van der Waals surface area contributed by atoms with Gasteiger partial charge in [-0.25, -0.2) is 4.79 Å². The van der Waals surface area contributed by atoms with Crippen LogP contribution in [0.25, 0.3) is 0 Å². The van der Waals surface area contributed by atoms with E-state index < -0.39 is 11.8 Å². The molecule has 0 fully saturated rings. The molecule has 66 valence electrons. The molecular formula is C7H5N3O3. The van der Waals surface area contributed by atoms with E-state index in [1.807, 2.05) is 0 Å². The van der Waals surface area contributed by atoms with Crippen molar-refractivity contribution in [2.75, 3.05) is 0 Å². The smallest absolute Gasteiger partial charge is 0.378 e. The van der Waals surface area contributed by atoms with Gasteiger partial charge in [0.05, 0.1) is 6.20 Å². The third kappa shape index (κ3) is 1.39. The highest BCUT2D eigenvalue weighted by atomic mass is 16.4. The lowest BCUT2D eigenvalue weighted by atomic mass is 10.2. The summed E-state index contributed by atoms with van der Waals surface area (Å²) in [6.07, 6.45) is 1.15. The van der Waals surface area contributed by atoms with Gasteiger partial charge < -0.3 is 5.11 Å². The van der Waals surface area contributed by atoms with Crippen LogP contribution >= 0.6 is 0 Å². The molecule has 0 aliphatic heterocycles. The fourth-order valence-electron chi connectivity index (χ4n) is 0.890. The molecule has 1 aromatic heterocycles. The SMILES string of the molecule is Cn1ncc(C#N)c1C(=O)C(=O)O. The fraction of sp³-hybridized carbons (Fsp3) is 0.143. The Labute approximate surface area is 73.0 Å². The molecule has 1 heterocycles. The van der Waals surface area contributed by atoms with Crippen molar-refractivity contribution in [3.05, 3.63) is 17.5 Å². The molecule has 1 aromatic rings. The summed E-state index contributed by atoms with van der Waals surface area (Å²) in [4.78, 5) is 21.3. The second-order valence-corrected chi connectivity index (χ2v) is 2.28. The van der Waals surface area contributed by atoms with Crippen molar-refractivity contribution in [1.29, 1.82) is 5.26 Å². The largest absolute Gasteiger partial charge is 0.475 e. The lowest BCUT2D eigenvalue weighted by Crippen LogP contribution is -2.17. The number of hydrogen-bond acceptors (Lipinski definition) is 4. The van der Waals surface area contributed by atoms with Crippen LogP contribution < -0.4 is 0 Å². The van der Waals surface area contributed by atoms with E-state index in [-0.39, 0.29) is 11.3 Å². The van der Waals surface area contributed by atoms with Crippen LogP contribution in [0.15, 0.2) is 6.20 Å². The molecule has 0 radical (unpaired) electrons. The van der Waals surface area contributed by atoms with Gasteiger partial charge in [0, 0.05) is 7.05 Å². The summed E-state index contributed by atoms with van der Waals surface area (Å²) in [6, 6.07) is 1.68. The molecule has 6 nitrogen and oxygen atoms in total. The number of nitriles is 1. The molecule has 0 atom stereocenters. The Hall–Kier alpha value is -2.16. The van der Waals surface area contributed by atoms with E-state index >= 15 is 0 Å². The van der Waals surface area contributed by atoms with Crippen molar-refractivity contribution in [2.45, 2.75) is 0 Å². The molecule has 0 aliphatic carbocycles. The Kier molecular flexibility index (Phi) is 2.11. The van der Waals surface area contributed by atoms with Crippen molar-refractivity contribution >= 4 is 11.8 Å². The highest BCUT2D eigenvalue weighted by molar-refractivity contribution is 6.39. The Morgan fingerprint density at radius 3 is 2.77 bits per heavy atom. The highest BCUT2D eigenvalue weighted by Crippen LogP contribution is 2.06. The van der Waals surface area contributed by atoms with E-state index in [0.29, 0.717) is 0 Å². The molecule has 0 unspecified atom stereocenters. The van der Waals surface area contributed by atoms with Gasteiger partial charge in [-0.15, -0.1) is 0 Å². The molecule has 1 N–H and O–H groups in total. The van der Waals surface area contributed by atoms with Crippen molar-refractivity contribution < 1.29 is 14.7 Å². The number of aryl methyl sites for hydroxylation is 1. The number of ketones is 1. The molecule has 6 heteroatoms. The number of nitrogens with zero attached hydrogens (tertiary/aromatic N) is 3. The molecule has 0 saturated carbocycles. The topological polar surface area (TPSA) is 96.0 Å². The summed E-state index contributed by atoms with van der Waals surface area (Å²) in [7, 11) is 1.40. The summed E-state index contributed by atoms with van der Waals surface area (Å²) >= 11 is 0. The van der Waals surface area contributed by atoms with Crippen LogP contribution in [-0.4, -0.2) is 26.6 Å². The van der Waals surface area contributed by atoms with Gasteiger partial charge in [-0.1, -0.05) is 0 Å². The van der Waals surface area contributed by atoms with Crippen molar-refractivity contribution in [2.24, 2.45) is 7.05 Å². The Balaban J connectivity index is 3.28. The third-order valence-corrected chi connectivity index (χ3v) is 1.47. The predicted molar refractivity (Wildman–Crippen MR) is 39.9 cm³/mol. The zero-order valence-electron chi connectivity index (χ0n) is 6.68. The number of aliphatic carboxylic acids is 1. The maximum Gasteiger partial charge on any atom is 0.378 e. The number of carboxylic acids is 1. The van der Waals surface area contributed by atoms with Crippen LogP contribution in [0.3, 0.4) is 0 Å². The van der Waals surface area contributed by atoms with E-state index in [4.69, 9.17) is 10.4 Å². The minimum absolute atomic E-state index is 0.0325. The van der Waals surface area contributed by atoms with Gasteiger partial charge in [0.25, 0.3) is 5.78 Å². The molecule has 0 aromatic carbocycles. The number of carboxylic acid groups (broad SMARTS) is 1. The lowest BCUT2D eigenvalue weighted by Gasteiger charge is -1.95. The maximum absolute atomic E-state index is 11.0. The minimum Gasteiger partial charge on any atom is -0.475 e.